The van der Waals surface area contributed by atoms with E-state index in [9.17, 15) is 13.6 Å². The van der Waals surface area contributed by atoms with Gasteiger partial charge in [-0.25, -0.2) is 0 Å². The number of carbonyl (C=O) groups excluding carboxylic acids is 1. The maximum atomic E-state index is 12.4. The molecule has 0 spiro atoms. The van der Waals surface area contributed by atoms with Crippen molar-refractivity contribution in [1.82, 2.24) is 5.32 Å². The first-order chi connectivity index (χ1) is 10.7. The minimum Gasteiger partial charge on any atom is -0.435 e. The van der Waals surface area contributed by atoms with E-state index in [1.165, 1.54) is 6.07 Å². The molecular weight excluding hydrogens is 302 g/mol. The second kappa shape index (κ2) is 6.72. The number of aryl methyl sites for hydroxylation is 1. The van der Waals surface area contributed by atoms with Crippen LogP contribution in [0.3, 0.4) is 0 Å². The molecule has 6 heteroatoms. The lowest BCUT2D eigenvalue weighted by molar-refractivity contribution is -0.123. The van der Waals surface area contributed by atoms with Gasteiger partial charge in [-0.2, -0.15) is 8.78 Å². The number of fused-ring (bicyclic) bond motifs is 1. The van der Waals surface area contributed by atoms with Gasteiger partial charge in [0.05, 0.1) is 0 Å². The maximum absolute atomic E-state index is 12.4. The Kier molecular flexibility index (Phi) is 5.12. The second-order valence-corrected chi connectivity index (χ2v) is 6.88. The van der Waals surface area contributed by atoms with Gasteiger partial charge in [-0.1, -0.05) is 0 Å². The van der Waals surface area contributed by atoms with Crippen LogP contribution < -0.4 is 15.0 Å². The minimum absolute atomic E-state index is 0.0433. The van der Waals surface area contributed by atoms with Crippen LogP contribution in [0.25, 0.3) is 0 Å². The molecule has 1 heterocycles. The van der Waals surface area contributed by atoms with E-state index in [1.54, 1.807) is 12.1 Å². The highest BCUT2D eigenvalue weighted by Gasteiger charge is 2.28. The summed E-state index contributed by atoms with van der Waals surface area (Å²) in [6, 6.07) is 4.60. The van der Waals surface area contributed by atoms with Crippen LogP contribution >= 0.6 is 0 Å². The van der Waals surface area contributed by atoms with Crippen LogP contribution in [0, 0.1) is 0 Å². The molecule has 0 radical (unpaired) electrons. The molecule has 1 aromatic rings. The molecule has 23 heavy (non-hydrogen) atoms. The molecule has 4 nitrogen and oxygen atoms in total. The normalized spacial score (nSPS) is 16.0. The molecule has 0 aromatic heterocycles. The van der Waals surface area contributed by atoms with Crippen molar-refractivity contribution in [2.45, 2.75) is 58.7 Å². The van der Waals surface area contributed by atoms with Gasteiger partial charge in [0.15, 0.2) is 0 Å². The molecule has 0 bridgehead atoms. The molecule has 1 aliphatic heterocycles. The highest BCUT2D eigenvalue weighted by Crippen LogP contribution is 2.32. The molecule has 0 fully saturated rings. The van der Waals surface area contributed by atoms with Crippen molar-refractivity contribution in [2.24, 2.45) is 0 Å². The van der Waals surface area contributed by atoms with Crippen LogP contribution in [0.4, 0.5) is 14.5 Å². The topological polar surface area (TPSA) is 41.6 Å². The predicted molar refractivity (Wildman–Crippen MR) is 86.1 cm³/mol. The van der Waals surface area contributed by atoms with Crippen molar-refractivity contribution in [3.05, 3.63) is 23.8 Å². The summed E-state index contributed by atoms with van der Waals surface area (Å²) in [6.07, 6.45) is 1.66. The molecule has 1 aromatic carbocycles. The van der Waals surface area contributed by atoms with Gasteiger partial charge < -0.3 is 15.0 Å². The number of carbonyl (C=O) groups is 1. The van der Waals surface area contributed by atoms with Crippen LogP contribution in [0.2, 0.25) is 0 Å². The van der Waals surface area contributed by atoms with Crippen molar-refractivity contribution in [3.8, 4) is 5.75 Å². The Morgan fingerprint density at radius 2 is 2.04 bits per heavy atom. The Balaban J connectivity index is 2.19. The zero-order valence-corrected chi connectivity index (χ0v) is 14.0. The number of rotatable bonds is 4. The first-order valence-electron chi connectivity index (χ1n) is 7.84. The molecule has 0 saturated carbocycles. The monoisotopic (exact) mass is 326 g/mol. The lowest BCUT2D eigenvalue weighted by Crippen LogP contribution is -2.52. The van der Waals surface area contributed by atoms with Gasteiger partial charge in [0.2, 0.25) is 5.91 Å². The molecule has 1 amide bonds. The number of amides is 1. The SMILES string of the molecule is CC(C(=O)NC(C)(C)C)N1CCCc2cc(OC(F)F)ccc21. The van der Waals surface area contributed by atoms with Gasteiger partial charge in [0, 0.05) is 17.8 Å². The molecule has 0 aliphatic carbocycles. The van der Waals surface area contributed by atoms with Crippen LogP contribution in [0.1, 0.15) is 39.7 Å². The number of halogens is 2. The highest BCUT2D eigenvalue weighted by atomic mass is 19.3. The van der Waals surface area contributed by atoms with Crippen LogP contribution in [-0.2, 0) is 11.2 Å². The fourth-order valence-electron chi connectivity index (χ4n) is 2.80. The van der Waals surface area contributed by atoms with Crippen molar-refractivity contribution in [3.63, 3.8) is 0 Å². The van der Waals surface area contributed by atoms with Gasteiger partial charge in [0.1, 0.15) is 11.8 Å². The summed E-state index contributed by atoms with van der Waals surface area (Å²) in [7, 11) is 0. The summed E-state index contributed by atoms with van der Waals surface area (Å²) in [6.45, 7) is 5.62. The first-order valence-corrected chi connectivity index (χ1v) is 7.84. The largest absolute Gasteiger partial charge is 0.435 e. The van der Waals surface area contributed by atoms with Crippen molar-refractivity contribution < 1.29 is 18.3 Å². The quantitative estimate of drug-likeness (QED) is 0.923. The number of nitrogens with one attached hydrogen (secondary N) is 1. The Hall–Kier alpha value is -1.85. The van der Waals surface area contributed by atoms with Crippen LogP contribution in [-0.4, -0.2) is 30.6 Å². The molecular formula is C17H24F2N2O2. The van der Waals surface area contributed by atoms with E-state index in [-0.39, 0.29) is 23.2 Å². The smallest absolute Gasteiger partial charge is 0.387 e. The highest BCUT2D eigenvalue weighted by molar-refractivity contribution is 5.86. The molecule has 1 N–H and O–H groups in total. The number of ether oxygens (including phenoxy) is 1. The maximum Gasteiger partial charge on any atom is 0.387 e. The Morgan fingerprint density at radius 1 is 1.35 bits per heavy atom. The fourth-order valence-corrected chi connectivity index (χ4v) is 2.80. The van der Waals surface area contributed by atoms with Crippen LogP contribution in [0.5, 0.6) is 5.75 Å². The van der Waals surface area contributed by atoms with Crippen molar-refractivity contribution in [1.29, 1.82) is 0 Å². The van der Waals surface area contributed by atoms with Gasteiger partial charge in [0.25, 0.3) is 0 Å². The van der Waals surface area contributed by atoms with E-state index < -0.39 is 6.61 Å². The molecule has 2 rings (SSSR count). The van der Waals surface area contributed by atoms with Crippen molar-refractivity contribution in [2.75, 3.05) is 11.4 Å². The minimum atomic E-state index is -2.83. The molecule has 1 unspecified atom stereocenters. The lowest BCUT2D eigenvalue weighted by atomic mass is 9.99. The van der Waals surface area contributed by atoms with E-state index in [0.29, 0.717) is 0 Å². The number of nitrogens with zero attached hydrogens (tertiary/aromatic N) is 1. The van der Waals surface area contributed by atoms with Gasteiger partial charge in [-0.3, -0.25) is 4.79 Å². The zero-order valence-electron chi connectivity index (χ0n) is 14.0. The Morgan fingerprint density at radius 3 is 2.65 bits per heavy atom. The number of hydrogen-bond donors (Lipinski definition) is 1. The van der Waals surface area contributed by atoms with Crippen LogP contribution in [0.15, 0.2) is 18.2 Å². The van der Waals surface area contributed by atoms with Gasteiger partial charge >= 0.3 is 6.61 Å². The van der Waals surface area contributed by atoms with Crippen molar-refractivity contribution >= 4 is 11.6 Å². The van der Waals surface area contributed by atoms with E-state index in [1.807, 2.05) is 32.6 Å². The fraction of sp³-hybridized carbons (Fsp3) is 0.588. The molecule has 1 atom stereocenters. The standard InChI is InChI=1S/C17H24F2N2O2/c1-11(15(22)20-17(2,3)4)21-9-5-6-12-10-13(23-16(18)19)7-8-14(12)21/h7-8,10-11,16H,5-6,9H2,1-4H3,(H,20,22). The predicted octanol–water partition coefficient (Wildman–Crippen LogP) is 3.34. The Bertz CT molecular complexity index is 570. The summed E-state index contributed by atoms with van der Waals surface area (Å²) >= 11 is 0. The number of anilines is 1. The Labute approximate surface area is 135 Å². The summed E-state index contributed by atoms with van der Waals surface area (Å²) in [5.41, 5.74) is 1.55. The average Bonchev–Trinajstić information content (AvgIpc) is 2.43. The third-order valence-electron chi connectivity index (χ3n) is 3.78. The average molecular weight is 326 g/mol. The molecule has 0 saturated heterocycles. The van der Waals surface area contributed by atoms with Gasteiger partial charge in [-0.05, 0) is 64.3 Å². The summed E-state index contributed by atoms with van der Waals surface area (Å²) in [4.78, 5) is 14.4. The summed E-state index contributed by atoms with van der Waals surface area (Å²) < 4.78 is 29.1. The number of hydrogen-bond acceptors (Lipinski definition) is 3. The first kappa shape index (κ1) is 17.5. The third kappa shape index (κ3) is 4.56. The van der Waals surface area contributed by atoms with Gasteiger partial charge in [-0.15, -0.1) is 0 Å². The van der Waals surface area contributed by atoms with E-state index in [4.69, 9.17) is 0 Å². The lowest BCUT2D eigenvalue weighted by Gasteiger charge is -2.37. The summed E-state index contributed by atoms with van der Waals surface area (Å²) in [5.74, 6) is 0.116. The van der Waals surface area contributed by atoms with E-state index >= 15 is 0 Å². The number of benzene rings is 1. The second-order valence-electron chi connectivity index (χ2n) is 6.88. The van der Waals surface area contributed by atoms with E-state index in [0.717, 1.165) is 30.6 Å². The van der Waals surface area contributed by atoms with E-state index in [2.05, 4.69) is 10.1 Å². The molecule has 1 aliphatic rings. The third-order valence-corrected chi connectivity index (χ3v) is 3.78. The zero-order chi connectivity index (χ0) is 17.2. The number of alkyl halides is 2. The summed E-state index contributed by atoms with van der Waals surface area (Å²) in [5, 5.41) is 2.98. The molecule has 128 valence electrons.